The van der Waals surface area contributed by atoms with Crippen molar-refractivity contribution in [3.63, 3.8) is 0 Å². The van der Waals surface area contributed by atoms with E-state index in [-0.39, 0.29) is 17.6 Å². The van der Waals surface area contributed by atoms with Crippen molar-refractivity contribution in [3.05, 3.63) is 95.6 Å². The Kier molecular flexibility index (Phi) is 4.13. The molecule has 1 heterocycles. The maximum absolute atomic E-state index is 13.7. The lowest BCUT2D eigenvalue weighted by Gasteiger charge is -2.23. The second-order valence-electron chi connectivity index (χ2n) is 6.16. The van der Waals surface area contributed by atoms with Crippen molar-refractivity contribution < 1.29 is 13.9 Å². The Hall–Kier alpha value is -3.21. The van der Waals surface area contributed by atoms with E-state index < -0.39 is 5.82 Å². The van der Waals surface area contributed by atoms with E-state index in [1.807, 2.05) is 35.3 Å². The Morgan fingerprint density at radius 2 is 1.58 bits per heavy atom. The molecule has 130 valence electrons. The van der Waals surface area contributed by atoms with E-state index in [4.69, 9.17) is 0 Å². The lowest BCUT2D eigenvalue weighted by molar-refractivity contribution is 0.471. The molecule has 1 N–H and O–H groups in total. The van der Waals surface area contributed by atoms with Gasteiger partial charge in [-0.2, -0.15) is 5.10 Å². The number of rotatable bonds is 3. The first kappa shape index (κ1) is 16.3. The van der Waals surface area contributed by atoms with Gasteiger partial charge < -0.3 is 5.11 Å². The van der Waals surface area contributed by atoms with Crippen molar-refractivity contribution in [1.82, 2.24) is 0 Å². The summed E-state index contributed by atoms with van der Waals surface area (Å²) in [6.45, 7) is 0. The molecule has 5 heteroatoms. The van der Waals surface area contributed by atoms with E-state index in [9.17, 15) is 13.9 Å². The third-order valence-electron chi connectivity index (χ3n) is 4.46. The molecule has 0 saturated carbocycles. The second kappa shape index (κ2) is 6.59. The Bertz CT molecular complexity index is 956. The highest BCUT2D eigenvalue weighted by atomic mass is 19.1. The highest BCUT2D eigenvalue weighted by Gasteiger charge is 2.31. The number of phenols is 1. The molecule has 1 aliphatic rings. The lowest BCUT2D eigenvalue weighted by atomic mass is 9.97. The Morgan fingerprint density at radius 3 is 2.31 bits per heavy atom. The minimum Gasteiger partial charge on any atom is -0.507 e. The maximum Gasteiger partial charge on any atom is 0.124 e. The highest BCUT2D eigenvalue weighted by molar-refractivity contribution is 6.05. The minimum absolute atomic E-state index is 0.0158. The van der Waals surface area contributed by atoms with Crippen LogP contribution in [0.3, 0.4) is 0 Å². The van der Waals surface area contributed by atoms with E-state index in [1.54, 1.807) is 12.1 Å². The molecule has 3 aromatic rings. The van der Waals surface area contributed by atoms with Crippen molar-refractivity contribution in [2.45, 2.75) is 12.5 Å². The van der Waals surface area contributed by atoms with Gasteiger partial charge in [-0.15, -0.1) is 0 Å². The minimum atomic E-state index is -0.433. The molecule has 3 aromatic carbocycles. The van der Waals surface area contributed by atoms with Crippen LogP contribution in [0.25, 0.3) is 0 Å². The summed E-state index contributed by atoms with van der Waals surface area (Å²) in [5.74, 6) is -0.753. The van der Waals surface area contributed by atoms with Crippen LogP contribution in [0.5, 0.6) is 5.75 Å². The summed E-state index contributed by atoms with van der Waals surface area (Å²) >= 11 is 0. The van der Waals surface area contributed by atoms with Gasteiger partial charge in [0.2, 0.25) is 0 Å². The van der Waals surface area contributed by atoms with E-state index >= 15 is 0 Å². The van der Waals surface area contributed by atoms with Gasteiger partial charge in [-0.25, -0.2) is 8.78 Å². The number of aromatic hydroxyl groups is 1. The number of anilines is 1. The molecule has 0 bridgehead atoms. The molecule has 0 aliphatic carbocycles. The van der Waals surface area contributed by atoms with Gasteiger partial charge in [0.25, 0.3) is 0 Å². The summed E-state index contributed by atoms with van der Waals surface area (Å²) in [6, 6.07) is 19.5. The van der Waals surface area contributed by atoms with Gasteiger partial charge in [-0.1, -0.05) is 30.3 Å². The van der Waals surface area contributed by atoms with Crippen LogP contribution in [-0.4, -0.2) is 10.8 Å². The van der Waals surface area contributed by atoms with E-state index in [1.165, 1.54) is 30.3 Å². The molecule has 0 spiro atoms. The molecule has 0 radical (unpaired) electrons. The van der Waals surface area contributed by atoms with Crippen molar-refractivity contribution >= 4 is 11.4 Å². The lowest BCUT2D eigenvalue weighted by Crippen LogP contribution is -2.18. The summed E-state index contributed by atoms with van der Waals surface area (Å²) in [6.07, 6.45) is 0.470. The number of phenolic OH excluding ortho intramolecular Hbond substituents is 1. The molecule has 26 heavy (non-hydrogen) atoms. The van der Waals surface area contributed by atoms with Gasteiger partial charge in [-0.3, -0.25) is 5.01 Å². The first-order valence-electron chi connectivity index (χ1n) is 8.28. The maximum atomic E-state index is 13.7. The van der Waals surface area contributed by atoms with Crippen molar-refractivity contribution in [2.75, 3.05) is 5.01 Å². The normalized spacial score (nSPS) is 16.6. The molecule has 0 unspecified atom stereocenters. The van der Waals surface area contributed by atoms with Crippen LogP contribution in [0.2, 0.25) is 0 Å². The summed E-state index contributed by atoms with van der Waals surface area (Å²) in [5.41, 5.74) is 2.72. The van der Waals surface area contributed by atoms with Crippen molar-refractivity contribution in [3.8, 4) is 5.75 Å². The van der Waals surface area contributed by atoms with Gasteiger partial charge in [0, 0.05) is 12.0 Å². The molecular weight excluding hydrogens is 334 g/mol. The fourth-order valence-electron chi connectivity index (χ4n) is 3.18. The molecule has 1 aliphatic heterocycles. The number of nitrogens with zero attached hydrogens (tertiary/aromatic N) is 2. The third-order valence-corrected chi connectivity index (χ3v) is 4.46. The van der Waals surface area contributed by atoms with Crippen LogP contribution in [0, 0.1) is 11.6 Å². The summed E-state index contributed by atoms with van der Waals surface area (Å²) in [7, 11) is 0. The van der Waals surface area contributed by atoms with Crippen molar-refractivity contribution in [2.24, 2.45) is 5.10 Å². The third kappa shape index (κ3) is 3.04. The molecule has 0 aromatic heterocycles. The smallest absolute Gasteiger partial charge is 0.124 e. The average Bonchev–Trinajstić information content (AvgIpc) is 3.10. The number of hydrogen-bond acceptors (Lipinski definition) is 3. The van der Waals surface area contributed by atoms with Crippen LogP contribution in [-0.2, 0) is 0 Å². The van der Waals surface area contributed by atoms with Gasteiger partial charge in [0.05, 0.1) is 17.4 Å². The Balaban J connectivity index is 1.78. The number of halogens is 2. The zero-order valence-electron chi connectivity index (χ0n) is 13.8. The fraction of sp³-hybridized carbons (Fsp3) is 0.0952. The zero-order valence-corrected chi connectivity index (χ0v) is 13.8. The highest BCUT2D eigenvalue weighted by Crippen LogP contribution is 2.38. The topological polar surface area (TPSA) is 35.8 Å². The molecular formula is C21H16F2N2O. The molecule has 0 fully saturated rings. The number of benzene rings is 3. The Labute approximate surface area is 149 Å². The van der Waals surface area contributed by atoms with E-state index in [0.717, 1.165) is 11.3 Å². The number of hydrogen-bond donors (Lipinski definition) is 1. The molecule has 0 amide bonds. The molecule has 1 atom stereocenters. The fourth-order valence-corrected chi connectivity index (χ4v) is 3.18. The molecule has 4 rings (SSSR count). The van der Waals surface area contributed by atoms with Crippen molar-refractivity contribution in [1.29, 1.82) is 0 Å². The summed E-state index contributed by atoms with van der Waals surface area (Å²) in [5, 5.41) is 16.6. The summed E-state index contributed by atoms with van der Waals surface area (Å²) in [4.78, 5) is 0. The first-order valence-corrected chi connectivity index (χ1v) is 8.28. The van der Waals surface area contributed by atoms with Gasteiger partial charge in [0.1, 0.15) is 17.4 Å². The predicted molar refractivity (Wildman–Crippen MR) is 97.3 cm³/mol. The standard InChI is InChI=1S/C21H16F2N2O/c22-15-8-6-14(7-9-15)20-13-19(18-12-16(23)10-11-21(18)26)24-25(20)17-4-2-1-3-5-17/h1-12,20,26H,13H2/t20-/m1/s1. The monoisotopic (exact) mass is 350 g/mol. The number of hydrazone groups is 1. The first-order chi connectivity index (χ1) is 12.6. The van der Waals surface area contributed by atoms with Crippen LogP contribution < -0.4 is 5.01 Å². The van der Waals surface area contributed by atoms with E-state index in [2.05, 4.69) is 5.10 Å². The average molecular weight is 350 g/mol. The zero-order chi connectivity index (χ0) is 18.1. The van der Waals surface area contributed by atoms with Crippen LogP contribution in [0.4, 0.5) is 14.5 Å². The van der Waals surface area contributed by atoms with Gasteiger partial charge in [-0.05, 0) is 48.0 Å². The largest absolute Gasteiger partial charge is 0.507 e. The molecule has 3 nitrogen and oxygen atoms in total. The summed E-state index contributed by atoms with van der Waals surface area (Å²) < 4.78 is 27.0. The molecule has 0 saturated heterocycles. The SMILES string of the molecule is Oc1ccc(F)cc1C1=NN(c2ccccc2)[C@@H](c2ccc(F)cc2)C1. The van der Waals surface area contributed by atoms with Crippen LogP contribution in [0.1, 0.15) is 23.6 Å². The van der Waals surface area contributed by atoms with Crippen LogP contribution >= 0.6 is 0 Å². The van der Waals surface area contributed by atoms with Gasteiger partial charge >= 0.3 is 0 Å². The van der Waals surface area contributed by atoms with E-state index in [0.29, 0.717) is 17.7 Å². The quantitative estimate of drug-likeness (QED) is 0.719. The van der Waals surface area contributed by atoms with Gasteiger partial charge in [0.15, 0.2) is 0 Å². The predicted octanol–water partition coefficient (Wildman–Crippen LogP) is 5.03. The second-order valence-corrected chi connectivity index (χ2v) is 6.16. The Morgan fingerprint density at radius 1 is 0.885 bits per heavy atom. The van der Waals surface area contributed by atoms with Crippen LogP contribution in [0.15, 0.2) is 77.9 Å². The number of para-hydroxylation sites is 1.